The molecule has 0 bridgehead atoms. The Morgan fingerprint density at radius 1 is 1.21 bits per heavy atom. The molecule has 100 valence electrons. The normalized spacial score (nSPS) is 11.3. The number of aromatic nitrogens is 1. The smallest absolute Gasteiger partial charge is 0.237 e. The van der Waals surface area contributed by atoms with Crippen molar-refractivity contribution in [2.75, 3.05) is 4.72 Å². The van der Waals surface area contributed by atoms with Gasteiger partial charge in [-0.25, -0.2) is 13.4 Å². The van der Waals surface area contributed by atoms with Crippen LogP contribution < -0.4 is 4.72 Å². The van der Waals surface area contributed by atoms with Gasteiger partial charge in [0.05, 0.1) is 17.6 Å². The molecule has 0 atom stereocenters. The van der Waals surface area contributed by atoms with E-state index in [1.807, 2.05) is 0 Å². The van der Waals surface area contributed by atoms with Gasteiger partial charge in [-0.05, 0) is 39.7 Å². The molecular weight excluding hydrogens is 352 g/mol. The molecule has 1 N–H and O–H groups in total. The van der Waals surface area contributed by atoms with E-state index in [0.717, 1.165) is 0 Å². The van der Waals surface area contributed by atoms with Gasteiger partial charge in [-0.3, -0.25) is 4.72 Å². The summed E-state index contributed by atoms with van der Waals surface area (Å²) in [6.07, 6.45) is 1.44. The summed E-state index contributed by atoms with van der Waals surface area (Å²) >= 11 is 9.13. The lowest BCUT2D eigenvalue weighted by Crippen LogP contribution is -2.15. The fourth-order valence-electron chi connectivity index (χ4n) is 1.47. The predicted octanol–water partition coefficient (Wildman–Crippen LogP) is 3.44. The third kappa shape index (κ3) is 4.19. The van der Waals surface area contributed by atoms with Crippen LogP contribution in [-0.4, -0.2) is 13.4 Å². The SMILES string of the molecule is O=S(=O)(Cc1ccccc1Cl)Nc1ccc(Br)nc1. The average Bonchev–Trinajstić information content (AvgIpc) is 2.35. The molecule has 1 aromatic carbocycles. The molecule has 0 spiro atoms. The molecule has 0 unspecified atom stereocenters. The molecule has 0 saturated heterocycles. The van der Waals surface area contributed by atoms with Crippen molar-refractivity contribution in [2.24, 2.45) is 0 Å². The third-order valence-corrected chi connectivity index (χ3v) is 4.38. The molecule has 1 heterocycles. The zero-order chi connectivity index (χ0) is 13.9. The Morgan fingerprint density at radius 3 is 2.58 bits per heavy atom. The van der Waals surface area contributed by atoms with Crippen molar-refractivity contribution in [3.63, 3.8) is 0 Å². The maximum absolute atomic E-state index is 12.0. The van der Waals surface area contributed by atoms with E-state index >= 15 is 0 Å². The topological polar surface area (TPSA) is 59.1 Å². The van der Waals surface area contributed by atoms with Gasteiger partial charge in [0.15, 0.2) is 0 Å². The van der Waals surface area contributed by atoms with Crippen LogP contribution in [0.4, 0.5) is 5.69 Å². The summed E-state index contributed by atoms with van der Waals surface area (Å²) in [5.41, 5.74) is 0.969. The largest absolute Gasteiger partial charge is 0.282 e. The van der Waals surface area contributed by atoms with E-state index in [0.29, 0.717) is 20.9 Å². The Balaban J connectivity index is 2.15. The van der Waals surface area contributed by atoms with Crippen LogP contribution in [0, 0.1) is 0 Å². The van der Waals surface area contributed by atoms with Crippen LogP contribution in [0.5, 0.6) is 0 Å². The van der Waals surface area contributed by atoms with Gasteiger partial charge in [0.25, 0.3) is 0 Å². The zero-order valence-corrected chi connectivity index (χ0v) is 12.8. The molecule has 4 nitrogen and oxygen atoms in total. The highest BCUT2D eigenvalue weighted by Gasteiger charge is 2.13. The van der Waals surface area contributed by atoms with Crippen LogP contribution in [0.15, 0.2) is 47.2 Å². The fraction of sp³-hybridized carbons (Fsp3) is 0.0833. The van der Waals surface area contributed by atoms with E-state index in [-0.39, 0.29) is 5.75 Å². The summed E-state index contributed by atoms with van der Waals surface area (Å²) in [6.45, 7) is 0. The second kappa shape index (κ2) is 5.90. The van der Waals surface area contributed by atoms with Crippen molar-refractivity contribution < 1.29 is 8.42 Å². The lowest BCUT2D eigenvalue weighted by Gasteiger charge is -2.08. The van der Waals surface area contributed by atoms with Crippen LogP contribution in [0.1, 0.15) is 5.56 Å². The van der Waals surface area contributed by atoms with Gasteiger partial charge in [-0.2, -0.15) is 0 Å². The third-order valence-electron chi connectivity index (χ3n) is 2.30. The quantitative estimate of drug-likeness (QED) is 0.849. The van der Waals surface area contributed by atoms with Gasteiger partial charge in [-0.1, -0.05) is 29.8 Å². The van der Waals surface area contributed by atoms with Crippen LogP contribution >= 0.6 is 27.5 Å². The molecule has 0 radical (unpaired) electrons. The predicted molar refractivity (Wildman–Crippen MR) is 79.6 cm³/mol. The minimum absolute atomic E-state index is 0.178. The zero-order valence-electron chi connectivity index (χ0n) is 9.68. The number of rotatable bonds is 4. The Labute approximate surface area is 125 Å². The second-order valence-corrected chi connectivity index (χ2v) is 6.76. The first-order chi connectivity index (χ1) is 8.96. The van der Waals surface area contributed by atoms with E-state index in [4.69, 9.17) is 11.6 Å². The van der Waals surface area contributed by atoms with Crippen molar-refractivity contribution in [3.05, 3.63) is 57.8 Å². The number of anilines is 1. The summed E-state index contributed by atoms with van der Waals surface area (Å²) in [7, 11) is -3.51. The van der Waals surface area contributed by atoms with Gasteiger partial charge < -0.3 is 0 Å². The maximum Gasteiger partial charge on any atom is 0.237 e. The first kappa shape index (κ1) is 14.3. The number of hydrogen-bond donors (Lipinski definition) is 1. The molecule has 2 aromatic rings. The molecule has 19 heavy (non-hydrogen) atoms. The summed E-state index contributed by atoms with van der Waals surface area (Å²) < 4.78 is 27.1. The molecule has 0 fully saturated rings. The number of pyridine rings is 1. The highest BCUT2D eigenvalue weighted by Crippen LogP contribution is 2.19. The molecule has 2 rings (SSSR count). The summed E-state index contributed by atoms with van der Waals surface area (Å²) in [6, 6.07) is 10.1. The molecule has 0 aliphatic rings. The van der Waals surface area contributed by atoms with Crippen molar-refractivity contribution in [1.82, 2.24) is 4.98 Å². The number of hydrogen-bond acceptors (Lipinski definition) is 3. The molecule has 0 amide bonds. The van der Waals surface area contributed by atoms with E-state index < -0.39 is 10.0 Å². The standard InChI is InChI=1S/C12H10BrClN2O2S/c13-12-6-5-10(7-15-12)16-19(17,18)8-9-3-1-2-4-11(9)14/h1-7,16H,8H2. The number of halogens is 2. The van der Waals surface area contributed by atoms with Crippen molar-refractivity contribution in [2.45, 2.75) is 5.75 Å². The molecular formula is C12H10BrClN2O2S. The summed E-state index contributed by atoms with van der Waals surface area (Å²) in [5, 5.41) is 0.432. The summed E-state index contributed by atoms with van der Waals surface area (Å²) in [4.78, 5) is 3.95. The average molecular weight is 362 g/mol. The molecule has 0 aliphatic heterocycles. The Morgan fingerprint density at radius 2 is 1.95 bits per heavy atom. The monoisotopic (exact) mass is 360 g/mol. The van der Waals surface area contributed by atoms with Gasteiger partial charge in [0.2, 0.25) is 10.0 Å². The molecule has 1 aromatic heterocycles. The van der Waals surface area contributed by atoms with Crippen molar-refractivity contribution >= 4 is 43.2 Å². The highest BCUT2D eigenvalue weighted by atomic mass is 79.9. The van der Waals surface area contributed by atoms with E-state index in [1.54, 1.807) is 36.4 Å². The minimum atomic E-state index is -3.51. The second-order valence-electron chi connectivity index (χ2n) is 3.82. The number of nitrogens with zero attached hydrogens (tertiary/aromatic N) is 1. The van der Waals surface area contributed by atoms with E-state index in [2.05, 4.69) is 25.6 Å². The van der Waals surface area contributed by atoms with Crippen LogP contribution in [0.25, 0.3) is 0 Å². The fourth-order valence-corrected chi connectivity index (χ4v) is 3.20. The van der Waals surface area contributed by atoms with Crippen LogP contribution in [0.2, 0.25) is 5.02 Å². The lowest BCUT2D eigenvalue weighted by molar-refractivity contribution is 0.600. The van der Waals surface area contributed by atoms with Crippen molar-refractivity contribution in [3.8, 4) is 0 Å². The lowest BCUT2D eigenvalue weighted by atomic mass is 10.2. The van der Waals surface area contributed by atoms with E-state index in [9.17, 15) is 8.42 Å². The van der Waals surface area contributed by atoms with Crippen molar-refractivity contribution in [1.29, 1.82) is 0 Å². The van der Waals surface area contributed by atoms with Gasteiger partial charge >= 0.3 is 0 Å². The van der Waals surface area contributed by atoms with Crippen LogP contribution in [-0.2, 0) is 15.8 Å². The van der Waals surface area contributed by atoms with Gasteiger partial charge in [-0.15, -0.1) is 0 Å². The minimum Gasteiger partial charge on any atom is -0.282 e. The van der Waals surface area contributed by atoms with Gasteiger partial charge in [0, 0.05) is 5.02 Å². The highest BCUT2D eigenvalue weighted by molar-refractivity contribution is 9.10. The Kier molecular flexibility index (Phi) is 4.44. The molecule has 0 saturated carbocycles. The van der Waals surface area contributed by atoms with E-state index in [1.165, 1.54) is 6.20 Å². The number of benzene rings is 1. The molecule has 7 heteroatoms. The number of sulfonamides is 1. The van der Waals surface area contributed by atoms with Crippen LogP contribution in [0.3, 0.4) is 0 Å². The Hall–Kier alpha value is -1.11. The first-order valence-electron chi connectivity index (χ1n) is 5.32. The molecule has 0 aliphatic carbocycles. The maximum atomic E-state index is 12.0. The first-order valence-corrected chi connectivity index (χ1v) is 8.14. The summed E-state index contributed by atoms with van der Waals surface area (Å²) in [5.74, 6) is -0.178. The van der Waals surface area contributed by atoms with Gasteiger partial charge in [0.1, 0.15) is 4.60 Å². The Bertz CT molecular complexity index is 674. The number of nitrogens with one attached hydrogen (secondary N) is 1.